The topological polar surface area (TPSA) is 35.6 Å². The number of fused-ring (bicyclic) bond motifs is 6. The zero-order chi connectivity index (χ0) is 31.6. The molecule has 2 radical (unpaired) electrons. The first kappa shape index (κ1) is 36.2. The van der Waals surface area contributed by atoms with E-state index < -0.39 is 16.1 Å². The van der Waals surface area contributed by atoms with Gasteiger partial charge in [-0.15, -0.1) is 60.2 Å². The van der Waals surface area contributed by atoms with Gasteiger partial charge in [-0.05, 0) is 43.0 Å². The van der Waals surface area contributed by atoms with E-state index in [4.69, 9.17) is 12.8 Å². The smallest absolute Gasteiger partial charge is 0.113 e. The van der Waals surface area contributed by atoms with Crippen LogP contribution in [-0.2, 0) is 51.4 Å². The molecule has 0 saturated carbocycles. The van der Waals surface area contributed by atoms with Gasteiger partial charge < -0.3 is 31.9 Å². The standard InChI is InChI=1S/2C16H13Si.C7H6N4.2Au/c2*1-4-12-9-10-16-14(11-12)13-7-5-6-8-15(13)17(16,2)3;1-3-10(5-8-1)7-11-4-2-9-6-11;;/h2*5-11H,2-3H3;1-4H,7H2;;/q2*-1;-2;;. The summed E-state index contributed by atoms with van der Waals surface area (Å²) in [7, 11) is -3.01. The maximum absolute atomic E-state index is 7.25. The number of rotatable bonds is 2. The Hall–Kier alpha value is -3.67. The van der Waals surface area contributed by atoms with Crippen LogP contribution in [0.3, 0.4) is 0 Å². The second kappa shape index (κ2) is 15.0. The van der Waals surface area contributed by atoms with Gasteiger partial charge in [0.15, 0.2) is 0 Å². The van der Waals surface area contributed by atoms with Crippen molar-refractivity contribution in [2.75, 3.05) is 0 Å². The van der Waals surface area contributed by atoms with Gasteiger partial charge in [0.25, 0.3) is 0 Å². The first-order valence-electron chi connectivity index (χ1n) is 14.9. The second-order valence-corrected chi connectivity index (χ2v) is 20.9. The molecule has 4 nitrogen and oxygen atoms in total. The number of nitrogens with zero attached hydrogens (tertiary/aromatic N) is 4. The molecule has 8 heteroatoms. The minimum Gasteiger partial charge on any atom is -0.439 e. The summed E-state index contributed by atoms with van der Waals surface area (Å²) in [6.07, 6.45) is 27.1. The van der Waals surface area contributed by atoms with Crippen LogP contribution in [-0.4, -0.2) is 35.2 Å². The average molecular weight is 1010 g/mol. The summed E-state index contributed by atoms with van der Waals surface area (Å²) < 4.78 is 3.64. The van der Waals surface area contributed by atoms with Crippen molar-refractivity contribution in [1.29, 1.82) is 0 Å². The molecule has 242 valence electrons. The van der Waals surface area contributed by atoms with Crippen molar-refractivity contribution >= 4 is 36.9 Å². The van der Waals surface area contributed by atoms with E-state index in [-0.39, 0.29) is 44.8 Å². The average Bonchev–Trinajstić information content (AvgIpc) is 3.86. The third-order valence-electron chi connectivity index (χ3n) is 8.78. The van der Waals surface area contributed by atoms with Crippen molar-refractivity contribution in [1.82, 2.24) is 19.1 Å². The predicted octanol–water partition coefficient (Wildman–Crippen LogP) is 5.04. The van der Waals surface area contributed by atoms with Crippen LogP contribution in [0.25, 0.3) is 22.3 Å². The molecule has 0 saturated heterocycles. The van der Waals surface area contributed by atoms with E-state index in [0.29, 0.717) is 6.67 Å². The summed E-state index contributed by atoms with van der Waals surface area (Å²) in [6.45, 7) is 10.2. The Morgan fingerprint density at radius 1 is 0.574 bits per heavy atom. The van der Waals surface area contributed by atoms with Gasteiger partial charge in [0.2, 0.25) is 0 Å². The van der Waals surface area contributed by atoms with Crippen LogP contribution in [0.5, 0.6) is 0 Å². The number of hydrogen-bond donors (Lipinski definition) is 0. The Bertz CT molecular complexity index is 1920. The third kappa shape index (κ3) is 7.12. The Morgan fingerprint density at radius 3 is 1.32 bits per heavy atom. The molecule has 0 atom stereocenters. The number of benzene rings is 4. The molecule has 0 aliphatic carbocycles. The molecule has 0 N–H and O–H groups in total. The number of hydrogen-bond acceptors (Lipinski definition) is 2. The van der Waals surface area contributed by atoms with Crippen LogP contribution in [0.1, 0.15) is 11.1 Å². The van der Waals surface area contributed by atoms with Gasteiger partial charge in [-0.1, -0.05) is 86.9 Å². The van der Waals surface area contributed by atoms with E-state index in [9.17, 15) is 0 Å². The van der Waals surface area contributed by atoms with Gasteiger partial charge in [-0.2, -0.15) is 0 Å². The fourth-order valence-corrected chi connectivity index (χ4v) is 12.6. The molecular weight excluding hydrogens is 975 g/mol. The summed E-state index contributed by atoms with van der Waals surface area (Å²) >= 11 is 0. The minimum absolute atomic E-state index is 0. The van der Waals surface area contributed by atoms with Gasteiger partial charge in [-0.25, -0.2) is 0 Å². The van der Waals surface area contributed by atoms with Gasteiger partial charge >= 0.3 is 0 Å². The van der Waals surface area contributed by atoms with Crippen molar-refractivity contribution < 1.29 is 44.8 Å². The fraction of sp³-hybridized carbons (Fsp3) is 0.128. The molecule has 2 aliphatic rings. The molecule has 2 aliphatic heterocycles. The summed E-state index contributed by atoms with van der Waals surface area (Å²) in [5.74, 6) is 4.96. The van der Waals surface area contributed by atoms with Crippen molar-refractivity contribution in [3.8, 4) is 34.1 Å². The van der Waals surface area contributed by atoms with Gasteiger partial charge in [-0.3, -0.25) is 11.8 Å². The van der Waals surface area contributed by atoms with Crippen LogP contribution >= 0.6 is 0 Å². The van der Waals surface area contributed by atoms with Crippen molar-refractivity contribution in [3.63, 3.8) is 0 Å². The molecule has 8 rings (SSSR count). The van der Waals surface area contributed by atoms with Crippen molar-refractivity contribution in [2.24, 2.45) is 0 Å². The zero-order valence-electron chi connectivity index (χ0n) is 26.5. The van der Waals surface area contributed by atoms with Gasteiger partial charge in [0, 0.05) is 57.4 Å². The van der Waals surface area contributed by atoms with Gasteiger partial charge in [0.05, 0.1) is 6.67 Å². The molecule has 6 aromatic rings. The first-order chi connectivity index (χ1) is 21.7. The Morgan fingerprint density at radius 2 is 0.957 bits per heavy atom. The maximum Gasteiger partial charge on any atom is 0.113 e. The Balaban J connectivity index is 0.000000160. The Kier molecular flexibility index (Phi) is 11.6. The molecular formula is C39H32Au2N4Si2-4. The molecule has 4 aromatic carbocycles. The van der Waals surface area contributed by atoms with Crippen LogP contribution in [0.15, 0.2) is 110 Å². The Labute approximate surface area is 311 Å². The largest absolute Gasteiger partial charge is 0.439 e. The fourth-order valence-electron chi connectivity index (χ4n) is 6.43. The summed E-state index contributed by atoms with van der Waals surface area (Å²) in [4.78, 5) is 7.59. The minimum atomic E-state index is -1.51. The van der Waals surface area contributed by atoms with E-state index in [0.717, 1.165) is 11.1 Å². The van der Waals surface area contributed by atoms with Crippen molar-refractivity contribution in [3.05, 3.63) is 146 Å². The number of aromatic nitrogens is 4. The van der Waals surface area contributed by atoms with E-state index in [1.54, 1.807) is 12.4 Å². The van der Waals surface area contributed by atoms with E-state index in [2.05, 4.69) is 133 Å². The zero-order valence-corrected chi connectivity index (χ0v) is 32.8. The molecule has 0 unspecified atom stereocenters. The molecule has 2 aromatic heterocycles. The van der Waals surface area contributed by atoms with E-state index >= 15 is 0 Å². The second-order valence-electron chi connectivity index (χ2n) is 12.2. The molecule has 0 fully saturated rings. The summed E-state index contributed by atoms with van der Waals surface area (Å²) in [5.41, 5.74) is 7.08. The van der Waals surface area contributed by atoms with Crippen LogP contribution in [0, 0.1) is 37.3 Å². The van der Waals surface area contributed by atoms with E-state index in [1.165, 1.54) is 43.0 Å². The number of imidazole rings is 2. The first-order valence-corrected chi connectivity index (χ1v) is 20.9. The monoisotopic (exact) mass is 1010 g/mol. The molecule has 4 heterocycles. The normalized spacial score (nSPS) is 13.1. The summed E-state index contributed by atoms with van der Waals surface area (Å²) in [5, 5.41) is 5.99. The van der Waals surface area contributed by atoms with Gasteiger partial charge in [0.1, 0.15) is 16.1 Å². The quantitative estimate of drug-likeness (QED) is 0.139. The SMILES string of the molecule is [Au].[Au].[C-]#Cc1ccc2c(c1)-c1ccccc1[Si]2(C)C.[C-]#Cc1ccc2c(c1)-c1ccccc1[Si]2(C)C.[c-]1nccn1Cn1[c-]ncc1. The van der Waals surface area contributed by atoms with Crippen LogP contribution < -0.4 is 20.7 Å². The predicted molar refractivity (Wildman–Crippen MR) is 187 cm³/mol. The maximum atomic E-state index is 7.25. The van der Waals surface area contributed by atoms with Crippen molar-refractivity contribution in [2.45, 2.75) is 32.9 Å². The van der Waals surface area contributed by atoms with E-state index in [1.807, 2.05) is 33.7 Å². The third-order valence-corrected chi connectivity index (χ3v) is 15.9. The summed E-state index contributed by atoms with van der Waals surface area (Å²) in [6, 6.07) is 30.0. The molecule has 0 amide bonds. The van der Waals surface area contributed by atoms with Crippen LogP contribution in [0.4, 0.5) is 0 Å². The molecule has 47 heavy (non-hydrogen) atoms. The van der Waals surface area contributed by atoms with Crippen LogP contribution in [0.2, 0.25) is 26.2 Å². The molecule has 0 spiro atoms. The molecule has 0 bridgehead atoms.